The minimum atomic E-state index is -0.476. The third-order valence-corrected chi connectivity index (χ3v) is 3.42. The van der Waals surface area contributed by atoms with E-state index in [9.17, 15) is 9.59 Å². The first-order valence-electron chi connectivity index (χ1n) is 5.61. The van der Waals surface area contributed by atoms with E-state index in [1.165, 1.54) is 6.07 Å². The molecule has 2 aromatic heterocycles. The van der Waals surface area contributed by atoms with Crippen LogP contribution in [0.1, 0.15) is 21.6 Å². The van der Waals surface area contributed by atoms with E-state index in [1.807, 2.05) is 6.92 Å². The molecule has 0 aliphatic heterocycles. The second-order valence-corrected chi connectivity index (χ2v) is 5.01. The number of H-pyrrole nitrogens is 1. The zero-order chi connectivity index (χ0) is 14.0. The van der Waals surface area contributed by atoms with E-state index in [1.54, 1.807) is 25.3 Å². The van der Waals surface area contributed by atoms with Crippen molar-refractivity contribution >= 4 is 27.7 Å². The van der Waals surface area contributed by atoms with Gasteiger partial charge in [-0.25, -0.2) is 4.98 Å². The normalized spacial score (nSPS) is 10.3. The standard InChI is InChI=1S/C13H12BrN3O2/c1-7-5-11(15-6-10(7)14)17-13(19)9-4-3-8(2)16-12(9)18/h3-6H,1-2H3,(H,16,18)(H,15,17,19). The Morgan fingerprint density at radius 1 is 1.37 bits per heavy atom. The van der Waals surface area contributed by atoms with Crippen molar-refractivity contribution in [3.8, 4) is 0 Å². The van der Waals surface area contributed by atoms with Gasteiger partial charge in [-0.1, -0.05) is 0 Å². The minimum Gasteiger partial charge on any atom is -0.326 e. The second kappa shape index (κ2) is 5.36. The number of pyridine rings is 2. The first kappa shape index (κ1) is 13.5. The van der Waals surface area contributed by atoms with E-state index in [4.69, 9.17) is 0 Å². The van der Waals surface area contributed by atoms with Gasteiger partial charge in [-0.2, -0.15) is 0 Å². The molecule has 0 fully saturated rings. The van der Waals surface area contributed by atoms with Crippen LogP contribution in [0.5, 0.6) is 0 Å². The number of nitrogens with zero attached hydrogens (tertiary/aromatic N) is 1. The van der Waals surface area contributed by atoms with Crippen molar-refractivity contribution in [2.45, 2.75) is 13.8 Å². The first-order valence-corrected chi connectivity index (χ1v) is 6.40. The molecule has 5 nitrogen and oxygen atoms in total. The fourth-order valence-corrected chi connectivity index (χ4v) is 1.76. The molecule has 0 aliphatic rings. The number of anilines is 1. The molecule has 0 unspecified atom stereocenters. The molecule has 0 radical (unpaired) electrons. The molecule has 0 bridgehead atoms. The summed E-state index contributed by atoms with van der Waals surface area (Å²) in [5.74, 6) is -0.0684. The molecule has 19 heavy (non-hydrogen) atoms. The number of nitrogens with one attached hydrogen (secondary N) is 2. The molecular formula is C13H12BrN3O2. The lowest BCUT2D eigenvalue weighted by Gasteiger charge is -2.06. The Morgan fingerprint density at radius 2 is 2.11 bits per heavy atom. The number of hydrogen-bond donors (Lipinski definition) is 2. The highest BCUT2D eigenvalue weighted by atomic mass is 79.9. The van der Waals surface area contributed by atoms with Gasteiger partial charge in [0.15, 0.2) is 0 Å². The van der Waals surface area contributed by atoms with Crippen molar-refractivity contribution in [3.63, 3.8) is 0 Å². The number of halogens is 1. The first-order chi connectivity index (χ1) is 8.97. The Kier molecular flexibility index (Phi) is 3.80. The summed E-state index contributed by atoms with van der Waals surface area (Å²) in [5, 5.41) is 2.60. The molecule has 0 atom stereocenters. The number of aromatic nitrogens is 2. The Bertz CT molecular complexity index is 695. The van der Waals surface area contributed by atoms with Crippen LogP contribution in [0.15, 0.2) is 33.7 Å². The SMILES string of the molecule is Cc1ccc(C(=O)Nc2cc(C)c(Br)cn2)c(=O)[nH]1. The van der Waals surface area contributed by atoms with Crippen LogP contribution in [-0.4, -0.2) is 15.9 Å². The van der Waals surface area contributed by atoms with E-state index in [-0.39, 0.29) is 5.56 Å². The number of hydrogen-bond acceptors (Lipinski definition) is 3. The van der Waals surface area contributed by atoms with Crippen molar-refractivity contribution in [2.75, 3.05) is 5.32 Å². The van der Waals surface area contributed by atoms with Gasteiger partial charge in [0.1, 0.15) is 11.4 Å². The van der Waals surface area contributed by atoms with E-state index >= 15 is 0 Å². The highest BCUT2D eigenvalue weighted by Gasteiger charge is 2.11. The fourth-order valence-electron chi connectivity index (χ4n) is 1.54. The van der Waals surface area contributed by atoms with Crippen LogP contribution in [0, 0.1) is 13.8 Å². The van der Waals surface area contributed by atoms with Gasteiger partial charge in [-0.15, -0.1) is 0 Å². The lowest BCUT2D eigenvalue weighted by Crippen LogP contribution is -2.23. The van der Waals surface area contributed by atoms with Crippen LogP contribution in [0.4, 0.5) is 5.82 Å². The zero-order valence-electron chi connectivity index (χ0n) is 10.5. The largest absolute Gasteiger partial charge is 0.326 e. The van der Waals surface area contributed by atoms with Crippen molar-refractivity contribution < 1.29 is 4.79 Å². The summed E-state index contributed by atoms with van der Waals surface area (Å²) in [4.78, 5) is 30.3. The summed E-state index contributed by atoms with van der Waals surface area (Å²) in [6, 6.07) is 4.90. The number of rotatable bonds is 2. The van der Waals surface area contributed by atoms with Gasteiger partial charge in [-0.05, 0) is 53.5 Å². The van der Waals surface area contributed by atoms with Gasteiger partial charge < -0.3 is 10.3 Å². The van der Waals surface area contributed by atoms with Gasteiger partial charge in [0.05, 0.1) is 0 Å². The maximum atomic E-state index is 12.0. The predicted molar refractivity (Wildman–Crippen MR) is 76.4 cm³/mol. The highest BCUT2D eigenvalue weighted by Crippen LogP contribution is 2.17. The van der Waals surface area contributed by atoms with Gasteiger partial charge in [-0.3, -0.25) is 9.59 Å². The quantitative estimate of drug-likeness (QED) is 0.891. The smallest absolute Gasteiger partial charge is 0.262 e. The zero-order valence-corrected chi connectivity index (χ0v) is 12.0. The monoisotopic (exact) mass is 321 g/mol. The van der Waals surface area contributed by atoms with Crippen molar-refractivity contribution in [1.82, 2.24) is 9.97 Å². The fraction of sp³-hybridized carbons (Fsp3) is 0.154. The van der Waals surface area contributed by atoms with Crippen LogP contribution >= 0.6 is 15.9 Å². The maximum Gasteiger partial charge on any atom is 0.262 e. The van der Waals surface area contributed by atoms with Gasteiger partial charge in [0, 0.05) is 16.4 Å². The second-order valence-electron chi connectivity index (χ2n) is 4.16. The Hall–Kier alpha value is -1.95. The molecule has 2 aromatic rings. The molecule has 1 amide bonds. The van der Waals surface area contributed by atoms with Gasteiger partial charge in [0.2, 0.25) is 0 Å². The molecule has 2 N–H and O–H groups in total. The predicted octanol–water partition coefficient (Wildman–Crippen LogP) is 2.40. The van der Waals surface area contributed by atoms with Gasteiger partial charge in [0.25, 0.3) is 11.5 Å². The van der Waals surface area contributed by atoms with Crippen LogP contribution in [-0.2, 0) is 0 Å². The molecule has 0 aromatic carbocycles. The summed E-state index contributed by atoms with van der Waals surface area (Å²) in [6.45, 7) is 3.64. The van der Waals surface area contributed by atoms with Crippen LogP contribution < -0.4 is 10.9 Å². The molecule has 6 heteroatoms. The summed E-state index contributed by atoms with van der Waals surface area (Å²) in [5.41, 5.74) is 1.31. The highest BCUT2D eigenvalue weighted by molar-refractivity contribution is 9.10. The third-order valence-electron chi connectivity index (χ3n) is 2.59. The molecule has 2 heterocycles. The molecule has 0 saturated heterocycles. The summed E-state index contributed by atoms with van der Waals surface area (Å²) >= 11 is 3.33. The molecule has 2 rings (SSSR count). The van der Waals surface area contributed by atoms with Crippen molar-refractivity contribution in [1.29, 1.82) is 0 Å². The maximum absolute atomic E-state index is 12.0. The molecule has 0 spiro atoms. The summed E-state index contributed by atoms with van der Waals surface area (Å²) in [6.07, 6.45) is 1.60. The Balaban J connectivity index is 2.25. The summed E-state index contributed by atoms with van der Waals surface area (Å²) in [7, 11) is 0. The topological polar surface area (TPSA) is 74.8 Å². The number of aromatic amines is 1. The van der Waals surface area contributed by atoms with Crippen molar-refractivity contribution in [3.05, 3.63) is 56.0 Å². The number of carbonyl (C=O) groups excluding carboxylic acids is 1. The molecular weight excluding hydrogens is 310 g/mol. The lowest BCUT2D eigenvalue weighted by atomic mass is 10.2. The summed E-state index contributed by atoms with van der Waals surface area (Å²) < 4.78 is 0.860. The Labute approximate surface area is 118 Å². The van der Waals surface area contributed by atoms with E-state index < -0.39 is 11.5 Å². The lowest BCUT2D eigenvalue weighted by molar-refractivity contribution is 0.102. The molecule has 98 valence electrons. The average Bonchev–Trinajstić information content (AvgIpc) is 2.33. The minimum absolute atomic E-state index is 0.0629. The van der Waals surface area contributed by atoms with Crippen LogP contribution in [0.3, 0.4) is 0 Å². The number of amides is 1. The van der Waals surface area contributed by atoms with E-state index in [2.05, 4.69) is 31.2 Å². The average molecular weight is 322 g/mol. The Morgan fingerprint density at radius 3 is 2.74 bits per heavy atom. The number of carbonyl (C=O) groups is 1. The van der Waals surface area contributed by atoms with Crippen LogP contribution in [0.25, 0.3) is 0 Å². The van der Waals surface area contributed by atoms with E-state index in [0.29, 0.717) is 11.5 Å². The van der Waals surface area contributed by atoms with Gasteiger partial charge >= 0.3 is 0 Å². The van der Waals surface area contributed by atoms with Crippen molar-refractivity contribution in [2.24, 2.45) is 0 Å². The molecule has 0 aliphatic carbocycles. The third kappa shape index (κ3) is 3.08. The van der Waals surface area contributed by atoms with E-state index in [0.717, 1.165) is 10.0 Å². The number of aryl methyl sites for hydroxylation is 2. The van der Waals surface area contributed by atoms with Crippen LogP contribution in [0.2, 0.25) is 0 Å². The molecule has 0 saturated carbocycles.